The van der Waals surface area contributed by atoms with Gasteiger partial charge in [0.1, 0.15) is 5.82 Å². The Morgan fingerprint density at radius 2 is 2.24 bits per heavy atom. The third-order valence-electron chi connectivity index (χ3n) is 2.55. The van der Waals surface area contributed by atoms with Crippen molar-refractivity contribution in [2.45, 2.75) is 0 Å². The number of nitrogens with one attached hydrogen (secondary N) is 1. The molecule has 2 amide bonds. The zero-order valence-corrected chi connectivity index (χ0v) is 9.07. The summed E-state index contributed by atoms with van der Waals surface area (Å²) in [6.45, 7) is 0.734. The van der Waals surface area contributed by atoms with Crippen molar-refractivity contribution in [1.29, 1.82) is 0 Å². The molecule has 1 aliphatic rings. The van der Waals surface area contributed by atoms with Crippen LogP contribution in [0.15, 0.2) is 18.2 Å². The van der Waals surface area contributed by atoms with Gasteiger partial charge in [0.15, 0.2) is 0 Å². The molecule has 1 heterocycles. The first-order chi connectivity index (χ1) is 8.08. The van der Waals surface area contributed by atoms with Crippen molar-refractivity contribution in [3.63, 3.8) is 0 Å². The van der Waals surface area contributed by atoms with Crippen LogP contribution in [0, 0.1) is 5.82 Å². The van der Waals surface area contributed by atoms with E-state index in [2.05, 4.69) is 5.32 Å². The Morgan fingerprint density at radius 3 is 2.88 bits per heavy atom. The van der Waals surface area contributed by atoms with Crippen molar-refractivity contribution in [3.05, 3.63) is 29.6 Å². The topological polar surface area (TPSA) is 75.4 Å². The first kappa shape index (κ1) is 11.4. The minimum Gasteiger partial charge on any atom is -0.399 e. The minimum absolute atomic E-state index is 0.0390. The van der Waals surface area contributed by atoms with E-state index in [9.17, 15) is 14.0 Å². The van der Waals surface area contributed by atoms with E-state index >= 15 is 0 Å². The van der Waals surface area contributed by atoms with Crippen LogP contribution in [0.5, 0.6) is 0 Å². The number of hydrogen-bond acceptors (Lipinski definition) is 3. The number of halogens is 1. The molecule has 0 unspecified atom stereocenters. The van der Waals surface area contributed by atoms with Crippen molar-refractivity contribution < 1.29 is 14.0 Å². The highest BCUT2D eigenvalue weighted by atomic mass is 19.1. The van der Waals surface area contributed by atoms with Crippen LogP contribution in [0.4, 0.5) is 10.1 Å². The number of rotatable bonds is 1. The van der Waals surface area contributed by atoms with Crippen LogP contribution in [0.25, 0.3) is 0 Å². The van der Waals surface area contributed by atoms with Gasteiger partial charge in [-0.05, 0) is 18.2 Å². The summed E-state index contributed by atoms with van der Waals surface area (Å²) in [5.74, 6) is -1.39. The molecule has 90 valence electrons. The molecule has 3 N–H and O–H groups in total. The van der Waals surface area contributed by atoms with Crippen LogP contribution in [-0.4, -0.2) is 36.3 Å². The number of carbonyl (C=O) groups is 2. The number of piperazine rings is 1. The highest BCUT2D eigenvalue weighted by Crippen LogP contribution is 2.14. The Bertz CT molecular complexity index is 476. The van der Waals surface area contributed by atoms with Gasteiger partial charge in [-0.15, -0.1) is 0 Å². The summed E-state index contributed by atoms with van der Waals surface area (Å²) in [5.41, 5.74) is 5.60. The average molecular weight is 237 g/mol. The molecule has 2 rings (SSSR count). The molecule has 1 fully saturated rings. The lowest BCUT2D eigenvalue weighted by molar-refractivity contribution is -0.123. The molecule has 0 radical (unpaired) electrons. The van der Waals surface area contributed by atoms with Gasteiger partial charge in [-0.1, -0.05) is 0 Å². The maximum Gasteiger partial charge on any atom is 0.257 e. The Hall–Kier alpha value is -2.11. The zero-order valence-electron chi connectivity index (χ0n) is 9.07. The lowest BCUT2D eigenvalue weighted by Crippen LogP contribution is -2.50. The second-order valence-electron chi connectivity index (χ2n) is 3.82. The second-order valence-corrected chi connectivity index (χ2v) is 3.82. The average Bonchev–Trinajstić information content (AvgIpc) is 2.28. The maximum atomic E-state index is 13.5. The third kappa shape index (κ3) is 2.35. The first-order valence-corrected chi connectivity index (χ1v) is 5.19. The number of amides is 2. The Balaban J connectivity index is 2.21. The van der Waals surface area contributed by atoms with E-state index < -0.39 is 11.7 Å². The highest BCUT2D eigenvalue weighted by molar-refractivity contribution is 5.97. The van der Waals surface area contributed by atoms with Gasteiger partial charge in [0.2, 0.25) is 5.91 Å². The molecular formula is C11H12FN3O2. The molecule has 1 saturated heterocycles. The maximum absolute atomic E-state index is 13.5. The SMILES string of the molecule is Nc1ccc(C(=O)N2CCNC(=O)C2)c(F)c1. The lowest BCUT2D eigenvalue weighted by atomic mass is 10.1. The molecule has 17 heavy (non-hydrogen) atoms. The number of nitrogen functional groups attached to an aromatic ring is 1. The van der Waals surface area contributed by atoms with Crippen LogP contribution in [0.3, 0.4) is 0 Å². The number of hydrogen-bond donors (Lipinski definition) is 2. The van der Waals surface area contributed by atoms with E-state index in [4.69, 9.17) is 5.73 Å². The largest absolute Gasteiger partial charge is 0.399 e. The molecule has 1 aromatic carbocycles. The quantitative estimate of drug-likeness (QED) is 0.674. The van der Waals surface area contributed by atoms with Crippen molar-refractivity contribution in [2.24, 2.45) is 0 Å². The fourth-order valence-corrected chi connectivity index (χ4v) is 1.69. The van der Waals surface area contributed by atoms with E-state index in [1.807, 2.05) is 0 Å². The zero-order chi connectivity index (χ0) is 12.4. The fourth-order valence-electron chi connectivity index (χ4n) is 1.69. The fraction of sp³-hybridized carbons (Fsp3) is 0.273. The number of carbonyl (C=O) groups excluding carboxylic acids is 2. The number of benzene rings is 1. The van der Waals surface area contributed by atoms with E-state index in [0.717, 1.165) is 6.07 Å². The van der Waals surface area contributed by atoms with Crippen molar-refractivity contribution >= 4 is 17.5 Å². The Labute approximate surface area is 97.4 Å². The molecule has 6 heteroatoms. The summed E-state index contributed by atoms with van der Waals surface area (Å²) in [6, 6.07) is 3.89. The molecule has 0 aliphatic carbocycles. The van der Waals surface area contributed by atoms with E-state index in [0.29, 0.717) is 13.1 Å². The first-order valence-electron chi connectivity index (χ1n) is 5.19. The van der Waals surface area contributed by atoms with Crippen molar-refractivity contribution in [2.75, 3.05) is 25.4 Å². The van der Waals surface area contributed by atoms with Gasteiger partial charge in [0.05, 0.1) is 12.1 Å². The van der Waals surface area contributed by atoms with Crippen molar-refractivity contribution in [1.82, 2.24) is 10.2 Å². The van der Waals surface area contributed by atoms with Crippen LogP contribution in [-0.2, 0) is 4.79 Å². The van der Waals surface area contributed by atoms with Crippen LogP contribution in [0.1, 0.15) is 10.4 Å². The standard InChI is InChI=1S/C11H12FN3O2/c12-9-5-7(13)1-2-8(9)11(17)15-4-3-14-10(16)6-15/h1-2,5H,3-4,6,13H2,(H,14,16). The van der Waals surface area contributed by atoms with Crippen molar-refractivity contribution in [3.8, 4) is 0 Å². The van der Waals surface area contributed by atoms with Gasteiger partial charge in [0.25, 0.3) is 5.91 Å². The minimum atomic E-state index is -0.666. The van der Waals surface area contributed by atoms with Gasteiger partial charge >= 0.3 is 0 Å². The van der Waals surface area contributed by atoms with Gasteiger partial charge < -0.3 is 16.0 Å². The third-order valence-corrected chi connectivity index (χ3v) is 2.55. The van der Waals surface area contributed by atoms with E-state index in [1.54, 1.807) is 0 Å². The molecule has 0 bridgehead atoms. The molecule has 5 nitrogen and oxygen atoms in total. The van der Waals surface area contributed by atoms with Crippen LogP contribution in [0.2, 0.25) is 0 Å². The molecule has 0 spiro atoms. The molecule has 1 aromatic rings. The summed E-state index contributed by atoms with van der Waals surface area (Å²) in [7, 11) is 0. The number of nitrogens with two attached hydrogens (primary N) is 1. The summed E-state index contributed by atoms with van der Waals surface area (Å²) < 4.78 is 13.5. The van der Waals surface area contributed by atoms with Gasteiger partial charge in [-0.2, -0.15) is 0 Å². The van der Waals surface area contributed by atoms with Crippen LogP contribution >= 0.6 is 0 Å². The summed E-state index contributed by atoms with van der Waals surface area (Å²) >= 11 is 0. The van der Waals surface area contributed by atoms with E-state index in [1.165, 1.54) is 17.0 Å². The molecule has 0 atom stereocenters. The second kappa shape index (κ2) is 4.40. The van der Waals surface area contributed by atoms with Gasteiger partial charge in [-0.3, -0.25) is 9.59 Å². The summed E-state index contributed by atoms with van der Waals surface area (Å²) in [4.78, 5) is 24.4. The normalized spacial score (nSPS) is 15.6. The monoisotopic (exact) mass is 237 g/mol. The highest BCUT2D eigenvalue weighted by Gasteiger charge is 2.24. The van der Waals surface area contributed by atoms with E-state index in [-0.39, 0.29) is 23.7 Å². The molecular weight excluding hydrogens is 225 g/mol. The smallest absolute Gasteiger partial charge is 0.257 e. The van der Waals surface area contributed by atoms with Gasteiger partial charge in [0, 0.05) is 18.8 Å². The predicted molar refractivity (Wildman–Crippen MR) is 59.7 cm³/mol. The summed E-state index contributed by atoms with van der Waals surface area (Å²) in [5, 5.41) is 2.60. The van der Waals surface area contributed by atoms with Crippen LogP contribution < -0.4 is 11.1 Å². The molecule has 1 aliphatic heterocycles. The Morgan fingerprint density at radius 1 is 1.47 bits per heavy atom. The predicted octanol–water partition coefficient (Wildman–Crippen LogP) is -0.0201. The van der Waals surface area contributed by atoms with Gasteiger partial charge in [-0.25, -0.2) is 4.39 Å². The number of anilines is 1. The summed E-state index contributed by atoms with van der Waals surface area (Å²) in [6.07, 6.45) is 0. The Kier molecular flexibility index (Phi) is 2.95. The molecule has 0 aromatic heterocycles. The molecule has 0 saturated carbocycles. The lowest BCUT2D eigenvalue weighted by Gasteiger charge is -2.26. The number of nitrogens with zero attached hydrogens (tertiary/aromatic N) is 1.